The molecule has 21 heavy (non-hydrogen) atoms. The maximum atomic E-state index is 12.5. The molecule has 1 aromatic carbocycles. The maximum Gasteiger partial charge on any atom is 0.253 e. The summed E-state index contributed by atoms with van der Waals surface area (Å²) >= 11 is 0. The second kappa shape index (κ2) is 6.01. The van der Waals surface area contributed by atoms with Crippen LogP contribution in [0.2, 0.25) is 0 Å². The average Bonchev–Trinajstić information content (AvgIpc) is 3.19. The Morgan fingerprint density at radius 3 is 2.86 bits per heavy atom. The molecular formula is C14H18N6O. The molecule has 0 spiro atoms. The van der Waals surface area contributed by atoms with E-state index in [-0.39, 0.29) is 5.91 Å². The van der Waals surface area contributed by atoms with Crippen molar-refractivity contribution in [1.82, 2.24) is 30.4 Å². The molecule has 1 fully saturated rings. The third kappa shape index (κ3) is 2.92. The van der Waals surface area contributed by atoms with E-state index in [4.69, 9.17) is 0 Å². The van der Waals surface area contributed by atoms with Crippen molar-refractivity contribution in [2.24, 2.45) is 5.92 Å². The van der Waals surface area contributed by atoms with Crippen molar-refractivity contribution in [3.63, 3.8) is 0 Å². The van der Waals surface area contributed by atoms with Crippen LogP contribution in [0, 0.1) is 5.92 Å². The summed E-state index contributed by atoms with van der Waals surface area (Å²) in [7, 11) is 1.95. The number of likely N-dealkylation sites (tertiary alicyclic amines) is 1. The van der Waals surface area contributed by atoms with Crippen LogP contribution in [0.5, 0.6) is 0 Å². The lowest BCUT2D eigenvalue weighted by Gasteiger charge is -2.16. The molecule has 7 heteroatoms. The summed E-state index contributed by atoms with van der Waals surface area (Å²) in [6.45, 7) is 2.62. The number of carbonyl (C=O) groups is 1. The minimum atomic E-state index is 0.0943. The molecule has 1 atom stereocenters. The van der Waals surface area contributed by atoms with Crippen LogP contribution in [0.4, 0.5) is 0 Å². The number of nitrogens with one attached hydrogen (secondary N) is 1. The lowest BCUT2D eigenvalue weighted by atomic mass is 10.1. The van der Waals surface area contributed by atoms with Gasteiger partial charge in [-0.2, -0.15) is 0 Å². The minimum absolute atomic E-state index is 0.0943. The van der Waals surface area contributed by atoms with Gasteiger partial charge in [0, 0.05) is 18.7 Å². The van der Waals surface area contributed by atoms with Crippen LogP contribution in [-0.4, -0.2) is 57.7 Å². The number of aromatic nitrogens is 4. The average molecular weight is 286 g/mol. The van der Waals surface area contributed by atoms with Crippen molar-refractivity contribution in [2.45, 2.75) is 6.42 Å². The van der Waals surface area contributed by atoms with E-state index in [1.807, 2.05) is 36.2 Å². The normalized spacial score (nSPS) is 18.1. The Bertz CT molecular complexity index is 594. The summed E-state index contributed by atoms with van der Waals surface area (Å²) < 4.78 is 1.56. The van der Waals surface area contributed by atoms with E-state index in [1.165, 1.54) is 6.33 Å². The van der Waals surface area contributed by atoms with Crippen LogP contribution in [0.25, 0.3) is 5.69 Å². The molecule has 0 radical (unpaired) electrons. The molecule has 1 N–H and O–H groups in total. The topological polar surface area (TPSA) is 75.9 Å². The maximum absolute atomic E-state index is 12.5. The summed E-state index contributed by atoms with van der Waals surface area (Å²) in [6.07, 6.45) is 2.59. The Hall–Kier alpha value is -2.28. The van der Waals surface area contributed by atoms with Gasteiger partial charge in [0.15, 0.2) is 0 Å². The highest BCUT2D eigenvalue weighted by Crippen LogP contribution is 2.18. The van der Waals surface area contributed by atoms with Gasteiger partial charge in [-0.3, -0.25) is 4.79 Å². The van der Waals surface area contributed by atoms with Gasteiger partial charge < -0.3 is 10.2 Å². The first-order valence-electron chi connectivity index (χ1n) is 7.05. The number of rotatable bonds is 4. The van der Waals surface area contributed by atoms with Crippen LogP contribution in [0.3, 0.4) is 0 Å². The highest BCUT2D eigenvalue weighted by molar-refractivity contribution is 5.94. The van der Waals surface area contributed by atoms with E-state index in [2.05, 4.69) is 20.8 Å². The molecule has 3 rings (SSSR count). The zero-order valence-corrected chi connectivity index (χ0v) is 11.9. The van der Waals surface area contributed by atoms with Crippen molar-refractivity contribution in [2.75, 3.05) is 26.7 Å². The Labute approximate surface area is 122 Å². The first-order chi connectivity index (χ1) is 10.3. The van der Waals surface area contributed by atoms with Gasteiger partial charge in [0.1, 0.15) is 6.33 Å². The highest BCUT2D eigenvalue weighted by atomic mass is 16.2. The van der Waals surface area contributed by atoms with E-state index in [9.17, 15) is 4.79 Å². The second-order valence-electron chi connectivity index (χ2n) is 5.26. The predicted molar refractivity (Wildman–Crippen MR) is 77.1 cm³/mol. The van der Waals surface area contributed by atoms with Crippen molar-refractivity contribution in [3.05, 3.63) is 36.2 Å². The first kappa shape index (κ1) is 13.7. The molecule has 1 aromatic heterocycles. The molecule has 0 aliphatic carbocycles. The van der Waals surface area contributed by atoms with Gasteiger partial charge in [0.2, 0.25) is 0 Å². The summed E-state index contributed by atoms with van der Waals surface area (Å²) in [5.41, 5.74) is 1.54. The van der Waals surface area contributed by atoms with Crippen molar-refractivity contribution in [3.8, 4) is 5.69 Å². The lowest BCUT2D eigenvalue weighted by molar-refractivity contribution is 0.0787. The van der Waals surface area contributed by atoms with Crippen LogP contribution in [0.1, 0.15) is 16.8 Å². The Kier molecular flexibility index (Phi) is 3.92. The van der Waals surface area contributed by atoms with E-state index in [1.54, 1.807) is 4.68 Å². The van der Waals surface area contributed by atoms with Gasteiger partial charge in [-0.15, -0.1) is 5.10 Å². The molecule has 110 valence electrons. The summed E-state index contributed by atoms with van der Waals surface area (Å²) in [4.78, 5) is 14.4. The van der Waals surface area contributed by atoms with Crippen LogP contribution >= 0.6 is 0 Å². The number of nitrogens with zero attached hydrogens (tertiary/aromatic N) is 5. The molecule has 2 heterocycles. The number of benzene rings is 1. The Morgan fingerprint density at radius 2 is 2.19 bits per heavy atom. The standard InChI is InChI=1S/C14H18N6O/c1-15-8-11-6-7-19(9-11)14(21)12-2-4-13(5-3-12)20-10-16-17-18-20/h2-5,10-11,15H,6-9H2,1H3. The number of carbonyl (C=O) groups excluding carboxylic acids is 1. The Balaban J connectivity index is 1.68. The van der Waals surface area contributed by atoms with E-state index in [0.29, 0.717) is 11.5 Å². The smallest absolute Gasteiger partial charge is 0.253 e. The lowest BCUT2D eigenvalue weighted by Crippen LogP contribution is -2.30. The van der Waals surface area contributed by atoms with Crippen molar-refractivity contribution in [1.29, 1.82) is 0 Å². The van der Waals surface area contributed by atoms with Gasteiger partial charge in [0.25, 0.3) is 5.91 Å². The van der Waals surface area contributed by atoms with Gasteiger partial charge in [-0.25, -0.2) is 4.68 Å². The fourth-order valence-corrected chi connectivity index (χ4v) is 2.69. The number of amides is 1. The molecule has 0 saturated carbocycles. The summed E-state index contributed by atoms with van der Waals surface area (Å²) in [6, 6.07) is 7.35. The van der Waals surface area contributed by atoms with Crippen LogP contribution < -0.4 is 5.32 Å². The molecular weight excluding hydrogens is 268 g/mol. The van der Waals surface area contributed by atoms with E-state index < -0.39 is 0 Å². The van der Waals surface area contributed by atoms with Crippen molar-refractivity contribution >= 4 is 5.91 Å². The highest BCUT2D eigenvalue weighted by Gasteiger charge is 2.26. The molecule has 0 bridgehead atoms. The second-order valence-corrected chi connectivity index (χ2v) is 5.26. The van der Waals surface area contributed by atoms with Gasteiger partial charge >= 0.3 is 0 Å². The quantitative estimate of drug-likeness (QED) is 0.877. The number of hydrogen-bond acceptors (Lipinski definition) is 5. The third-order valence-electron chi connectivity index (χ3n) is 3.79. The molecule has 1 amide bonds. The van der Waals surface area contributed by atoms with Gasteiger partial charge in [-0.1, -0.05) is 0 Å². The van der Waals surface area contributed by atoms with E-state index >= 15 is 0 Å². The molecule has 1 unspecified atom stereocenters. The van der Waals surface area contributed by atoms with Gasteiger partial charge in [-0.05, 0) is 60.6 Å². The van der Waals surface area contributed by atoms with Gasteiger partial charge in [0.05, 0.1) is 5.69 Å². The Morgan fingerprint density at radius 1 is 1.38 bits per heavy atom. The minimum Gasteiger partial charge on any atom is -0.338 e. The fraction of sp³-hybridized carbons (Fsp3) is 0.429. The predicted octanol–water partition coefficient (Wildman–Crippen LogP) is 0.344. The zero-order valence-electron chi connectivity index (χ0n) is 11.9. The summed E-state index contributed by atoms with van der Waals surface area (Å²) in [5.74, 6) is 0.649. The van der Waals surface area contributed by atoms with Crippen LogP contribution in [-0.2, 0) is 0 Å². The molecule has 1 aliphatic rings. The molecule has 1 aliphatic heterocycles. The third-order valence-corrected chi connectivity index (χ3v) is 3.79. The first-order valence-corrected chi connectivity index (χ1v) is 7.05. The van der Waals surface area contributed by atoms with Crippen molar-refractivity contribution < 1.29 is 4.79 Å². The zero-order chi connectivity index (χ0) is 14.7. The van der Waals surface area contributed by atoms with E-state index in [0.717, 1.165) is 31.7 Å². The fourth-order valence-electron chi connectivity index (χ4n) is 2.69. The number of tetrazole rings is 1. The summed E-state index contributed by atoms with van der Waals surface area (Å²) in [5, 5.41) is 14.2. The SMILES string of the molecule is CNCC1CCN(C(=O)c2ccc(-n3cnnn3)cc2)C1. The molecule has 2 aromatic rings. The largest absolute Gasteiger partial charge is 0.338 e. The molecule has 1 saturated heterocycles. The molecule has 7 nitrogen and oxygen atoms in total. The monoisotopic (exact) mass is 286 g/mol. The van der Waals surface area contributed by atoms with Crippen LogP contribution in [0.15, 0.2) is 30.6 Å². The number of hydrogen-bond donors (Lipinski definition) is 1.